The molecule has 0 unspecified atom stereocenters. The number of hydrogen-bond donors (Lipinski definition) is 0. The van der Waals surface area contributed by atoms with Crippen LogP contribution in [-0.4, -0.2) is 49.1 Å². The normalized spacial score (nSPS) is 18.9. The molecule has 1 amide bonds. The summed E-state index contributed by atoms with van der Waals surface area (Å²) >= 11 is 6.20. The van der Waals surface area contributed by atoms with Gasteiger partial charge in [0.05, 0.1) is 27.6 Å². The highest BCUT2D eigenvalue weighted by Crippen LogP contribution is 2.25. The number of rotatable bonds is 3. The van der Waals surface area contributed by atoms with Crippen molar-refractivity contribution in [3.8, 4) is 0 Å². The van der Waals surface area contributed by atoms with Crippen LogP contribution in [0.5, 0.6) is 0 Å². The van der Waals surface area contributed by atoms with Crippen LogP contribution in [0.15, 0.2) is 29.3 Å². The van der Waals surface area contributed by atoms with Gasteiger partial charge in [-0.05, 0) is 45.7 Å². The van der Waals surface area contributed by atoms with E-state index in [1.54, 1.807) is 4.90 Å². The third-order valence-electron chi connectivity index (χ3n) is 4.06. The lowest BCUT2D eigenvalue weighted by molar-refractivity contribution is 0.0241. The quantitative estimate of drug-likeness (QED) is 0.790. The summed E-state index contributed by atoms with van der Waals surface area (Å²) < 4.78 is 18.3. The minimum atomic E-state index is -1.46. The van der Waals surface area contributed by atoms with Crippen LogP contribution >= 0.6 is 11.6 Å². The van der Waals surface area contributed by atoms with Crippen molar-refractivity contribution in [3.63, 3.8) is 0 Å². The maximum atomic E-state index is 12.9. The molecule has 2 atom stereocenters. The molecule has 1 fully saturated rings. The second-order valence-electron chi connectivity index (χ2n) is 7.29. The summed E-state index contributed by atoms with van der Waals surface area (Å²) in [5, 5.41) is 0.408. The van der Waals surface area contributed by atoms with Crippen LogP contribution in [0.25, 0.3) is 11.0 Å². The summed E-state index contributed by atoms with van der Waals surface area (Å²) in [5.74, 6) is 0.270. The lowest BCUT2D eigenvalue weighted by Gasteiger charge is -2.28. The van der Waals surface area contributed by atoms with Crippen molar-refractivity contribution in [3.05, 3.63) is 29.4 Å². The van der Waals surface area contributed by atoms with Crippen LogP contribution in [0.2, 0.25) is 5.15 Å². The van der Waals surface area contributed by atoms with E-state index < -0.39 is 16.4 Å². The summed E-state index contributed by atoms with van der Waals surface area (Å²) in [4.78, 5) is 22.7. The van der Waals surface area contributed by atoms with E-state index in [4.69, 9.17) is 16.3 Å². The van der Waals surface area contributed by atoms with E-state index in [1.807, 2.05) is 45.0 Å². The van der Waals surface area contributed by atoms with Gasteiger partial charge in [-0.1, -0.05) is 23.7 Å². The average molecular weight is 396 g/mol. The van der Waals surface area contributed by atoms with Crippen molar-refractivity contribution in [1.29, 1.82) is 0 Å². The molecule has 1 saturated heterocycles. The van der Waals surface area contributed by atoms with Crippen molar-refractivity contribution in [2.75, 3.05) is 12.3 Å². The Labute approximate surface area is 160 Å². The molecule has 1 aliphatic heterocycles. The Bertz CT molecular complexity index is 853. The molecule has 0 spiro atoms. The summed E-state index contributed by atoms with van der Waals surface area (Å²) in [6.45, 7) is 6.10. The van der Waals surface area contributed by atoms with E-state index in [9.17, 15) is 9.00 Å². The molecule has 1 aromatic carbocycles. The van der Waals surface area contributed by atoms with E-state index in [2.05, 4.69) is 9.97 Å². The zero-order valence-electron chi connectivity index (χ0n) is 15.1. The molecule has 0 bridgehead atoms. The van der Waals surface area contributed by atoms with Gasteiger partial charge in [-0.25, -0.2) is 14.8 Å². The first kappa shape index (κ1) is 19.0. The Hall–Kier alpha value is -1.73. The van der Waals surface area contributed by atoms with Gasteiger partial charge in [0.15, 0.2) is 10.2 Å². The van der Waals surface area contributed by atoms with E-state index in [-0.39, 0.29) is 28.1 Å². The minimum Gasteiger partial charge on any atom is -0.444 e. The minimum absolute atomic E-state index is 0.142. The predicted octanol–water partition coefficient (Wildman–Crippen LogP) is 3.79. The largest absolute Gasteiger partial charge is 0.444 e. The highest BCUT2D eigenvalue weighted by molar-refractivity contribution is 7.85. The average Bonchev–Trinajstić information content (AvgIpc) is 3.00. The molecule has 0 radical (unpaired) electrons. The van der Waals surface area contributed by atoms with Gasteiger partial charge in [0.25, 0.3) is 0 Å². The zero-order chi connectivity index (χ0) is 18.9. The maximum absolute atomic E-state index is 12.9. The number of aromatic nitrogens is 2. The fourth-order valence-corrected chi connectivity index (χ4v) is 4.61. The summed E-state index contributed by atoms with van der Waals surface area (Å²) in [7, 11) is -1.46. The molecule has 1 aliphatic rings. The first-order chi connectivity index (χ1) is 12.2. The molecule has 0 aliphatic carbocycles. The third kappa shape index (κ3) is 4.32. The number of hydrogen-bond acceptors (Lipinski definition) is 5. The summed E-state index contributed by atoms with van der Waals surface area (Å²) in [5.41, 5.74) is 0.751. The van der Waals surface area contributed by atoms with Gasteiger partial charge in [0.2, 0.25) is 0 Å². The molecule has 0 N–H and O–H groups in total. The predicted molar refractivity (Wildman–Crippen MR) is 102 cm³/mol. The topological polar surface area (TPSA) is 72.4 Å². The van der Waals surface area contributed by atoms with Crippen LogP contribution in [0.3, 0.4) is 0 Å². The van der Waals surface area contributed by atoms with Gasteiger partial charge >= 0.3 is 6.09 Å². The fourth-order valence-electron chi connectivity index (χ4n) is 2.93. The van der Waals surface area contributed by atoms with Crippen molar-refractivity contribution < 1.29 is 13.7 Å². The highest BCUT2D eigenvalue weighted by Gasteiger charge is 2.34. The van der Waals surface area contributed by atoms with Crippen molar-refractivity contribution in [2.24, 2.45) is 0 Å². The first-order valence-electron chi connectivity index (χ1n) is 8.55. The Balaban J connectivity index is 1.77. The fraction of sp³-hybridized carbons (Fsp3) is 0.500. The summed E-state index contributed by atoms with van der Waals surface area (Å²) in [6.07, 6.45) is 1.27. The van der Waals surface area contributed by atoms with E-state index in [0.717, 1.165) is 12.8 Å². The molecular formula is C18H22ClN3O3S. The number of amides is 1. The third-order valence-corrected chi connectivity index (χ3v) is 5.84. The Morgan fingerprint density at radius 3 is 2.62 bits per heavy atom. The number of carbonyl (C=O) groups excluding carboxylic acids is 1. The van der Waals surface area contributed by atoms with Gasteiger partial charge in [-0.2, -0.15) is 0 Å². The van der Waals surface area contributed by atoms with Gasteiger partial charge in [-0.15, -0.1) is 0 Å². The number of halogens is 1. The molecule has 140 valence electrons. The number of nitrogens with zero attached hydrogens (tertiary/aromatic N) is 3. The Morgan fingerprint density at radius 2 is 1.96 bits per heavy atom. The van der Waals surface area contributed by atoms with Crippen LogP contribution in [0, 0.1) is 0 Å². The highest BCUT2D eigenvalue weighted by atomic mass is 35.5. The number of ether oxygens (including phenoxy) is 1. The molecule has 2 aromatic rings. The molecule has 0 saturated carbocycles. The van der Waals surface area contributed by atoms with Crippen molar-refractivity contribution in [2.45, 2.75) is 50.3 Å². The van der Waals surface area contributed by atoms with Crippen LogP contribution in [0.4, 0.5) is 4.79 Å². The molecule has 8 heteroatoms. The van der Waals surface area contributed by atoms with Crippen LogP contribution < -0.4 is 0 Å². The smallest absolute Gasteiger partial charge is 0.410 e. The van der Waals surface area contributed by atoms with E-state index in [1.165, 1.54) is 0 Å². The standard InChI is InChI=1S/C18H22ClN3O3S/c1-18(2,3)25-17(23)22-10-6-7-12(22)11-26(24)16-15(19)20-13-8-4-5-9-14(13)21-16/h4-5,8-9,12H,6-7,10-11H2,1-3H3/t12-,26-/m1/s1. The molecule has 2 heterocycles. The van der Waals surface area contributed by atoms with Gasteiger partial charge in [-0.3, -0.25) is 4.21 Å². The molecule has 1 aromatic heterocycles. The second-order valence-corrected chi connectivity index (χ2v) is 9.06. The molecule has 3 rings (SSSR count). The van der Waals surface area contributed by atoms with E-state index in [0.29, 0.717) is 17.6 Å². The number of fused-ring (bicyclic) bond motifs is 1. The lowest BCUT2D eigenvalue weighted by Crippen LogP contribution is -2.42. The summed E-state index contributed by atoms with van der Waals surface area (Å²) in [6, 6.07) is 7.15. The molecular weight excluding hydrogens is 374 g/mol. The lowest BCUT2D eigenvalue weighted by atomic mass is 10.2. The Kier molecular flexibility index (Phi) is 5.48. The Morgan fingerprint density at radius 1 is 1.31 bits per heavy atom. The molecule has 6 nitrogen and oxygen atoms in total. The SMILES string of the molecule is CC(C)(C)OC(=O)N1CCC[C@@H]1C[S@@](=O)c1nc2ccccc2nc1Cl. The zero-order valence-corrected chi connectivity index (χ0v) is 16.6. The number of likely N-dealkylation sites (tertiary alicyclic amines) is 1. The van der Waals surface area contributed by atoms with Crippen molar-refractivity contribution >= 4 is 39.5 Å². The van der Waals surface area contributed by atoms with E-state index >= 15 is 0 Å². The first-order valence-corrected chi connectivity index (χ1v) is 10.2. The van der Waals surface area contributed by atoms with Gasteiger partial charge in [0.1, 0.15) is 5.60 Å². The van der Waals surface area contributed by atoms with Gasteiger partial charge in [0, 0.05) is 12.6 Å². The van der Waals surface area contributed by atoms with Crippen molar-refractivity contribution in [1.82, 2.24) is 14.9 Å². The second kappa shape index (κ2) is 7.48. The van der Waals surface area contributed by atoms with Crippen LogP contribution in [0.1, 0.15) is 33.6 Å². The number of benzene rings is 1. The monoisotopic (exact) mass is 395 g/mol. The number of carbonyl (C=O) groups is 1. The number of para-hydroxylation sites is 2. The maximum Gasteiger partial charge on any atom is 0.410 e. The van der Waals surface area contributed by atoms with Crippen LogP contribution in [-0.2, 0) is 15.5 Å². The molecule has 26 heavy (non-hydrogen) atoms. The van der Waals surface area contributed by atoms with Gasteiger partial charge < -0.3 is 9.64 Å².